The smallest absolute Gasteiger partial charge is 0.423 e. The fourth-order valence-electron chi connectivity index (χ4n) is 1.25. The quantitative estimate of drug-likeness (QED) is 0.617. The van der Waals surface area contributed by atoms with Gasteiger partial charge in [-0.3, -0.25) is 30.3 Å². The average Bonchev–Trinajstić information content (AvgIpc) is 2.26. The lowest BCUT2D eigenvalue weighted by Gasteiger charge is -1.99. The first-order valence-electron chi connectivity index (χ1n) is 4.10. The van der Waals surface area contributed by atoms with Crippen LogP contribution in [0.2, 0.25) is 0 Å². The molecule has 18 heavy (non-hydrogen) atoms. The highest BCUT2D eigenvalue weighted by Gasteiger charge is 2.40. The van der Waals surface area contributed by atoms with Gasteiger partial charge >= 0.3 is 23.0 Å². The molecule has 1 aromatic rings. The third-order valence-corrected chi connectivity index (χ3v) is 1.92. The van der Waals surface area contributed by atoms with Crippen LogP contribution in [-0.4, -0.2) is 25.8 Å². The molecule has 0 atom stereocenters. The maximum atomic E-state index is 10.7. The van der Waals surface area contributed by atoms with Crippen molar-refractivity contribution in [2.45, 2.75) is 0 Å². The fourth-order valence-corrected chi connectivity index (χ4v) is 1.25. The van der Waals surface area contributed by atoms with Crippen LogP contribution in [0.5, 0.6) is 0 Å². The van der Waals surface area contributed by atoms with Crippen LogP contribution < -0.4 is 0 Å². The molecule has 0 saturated carbocycles. The molecular formula is C7H3N3O8. The number of nitro groups is 3. The van der Waals surface area contributed by atoms with Crippen LogP contribution in [0.15, 0.2) is 12.1 Å². The Balaban J connectivity index is 3.82. The molecule has 0 radical (unpaired) electrons. The second-order valence-electron chi connectivity index (χ2n) is 2.91. The summed E-state index contributed by atoms with van der Waals surface area (Å²) in [4.78, 5) is 38.6. The lowest BCUT2D eigenvalue weighted by atomic mass is 10.1. The minimum Gasteiger partial charge on any atom is -0.477 e. The molecule has 0 aliphatic carbocycles. The van der Waals surface area contributed by atoms with Crippen molar-refractivity contribution < 1.29 is 24.7 Å². The summed E-state index contributed by atoms with van der Waals surface area (Å²) in [7, 11) is 0. The van der Waals surface area contributed by atoms with E-state index >= 15 is 0 Å². The van der Waals surface area contributed by atoms with Crippen LogP contribution in [0.3, 0.4) is 0 Å². The van der Waals surface area contributed by atoms with Crippen molar-refractivity contribution >= 4 is 23.0 Å². The van der Waals surface area contributed by atoms with E-state index in [1.807, 2.05) is 0 Å². The number of carboxylic acid groups (broad SMARTS) is 1. The van der Waals surface area contributed by atoms with Crippen LogP contribution in [0.4, 0.5) is 17.1 Å². The Labute approximate surface area is 96.7 Å². The zero-order valence-corrected chi connectivity index (χ0v) is 8.30. The topological polar surface area (TPSA) is 167 Å². The second-order valence-corrected chi connectivity index (χ2v) is 2.91. The summed E-state index contributed by atoms with van der Waals surface area (Å²) >= 11 is 0. The first kappa shape index (κ1) is 13.0. The molecule has 0 unspecified atom stereocenters. The summed E-state index contributed by atoms with van der Waals surface area (Å²) in [5.41, 5.74) is -5.00. The van der Waals surface area contributed by atoms with E-state index in [1.54, 1.807) is 0 Å². The number of nitrogens with zero attached hydrogens (tertiary/aromatic N) is 3. The predicted octanol–water partition coefficient (Wildman–Crippen LogP) is 1.11. The lowest BCUT2D eigenvalue weighted by Crippen LogP contribution is -2.08. The van der Waals surface area contributed by atoms with Crippen molar-refractivity contribution in [2.75, 3.05) is 0 Å². The predicted molar refractivity (Wildman–Crippen MR) is 53.4 cm³/mol. The molecule has 0 bridgehead atoms. The number of hydrogen-bond donors (Lipinski definition) is 1. The van der Waals surface area contributed by atoms with E-state index in [0.29, 0.717) is 12.1 Å². The van der Waals surface area contributed by atoms with Crippen molar-refractivity contribution in [3.05, 3.63) is 48.0 Å². The Morgan fingerprint density at radius 3 is 1.78 bits per heavy atom. The van der Waals surface area contributed by atoms with Crippen LogP contribution in [0.1, 0.15) is 10.4 Å². The molecular weight excluding hydrogens is 254 g/mol. The summed E-state index contributed by atoms with van der Waals surface area (Å²) in [5.74, 6) is -1.79. The van der Waals surface area contributed by atoms with E-state index in [2.05, 4.69) is 0 Å². The molecule has 1 aromatic carbocycles. The van der Waals surface area contributed by atoms with Crippen molar-refractivity contribution in [2.24, 2.45) is 0 Å². The van der Waals surface area contributed by atoms with Gasteiger partial charge in [0.15, 0.2) is 0 Å². The summed E-state index contributed by atoms with van der Waals surface area (Å²) in [5, 5.41) is 40.4. The first-order chi connectivity index (χ1) is 8.27. The van der Waals surface area contributed by atoms with Crippen LogP contribution >= 0.6 is 0 Å². The van der Waals surface area contributed by atoms with Gasteiger partial charge in [-0.1, -0.05) is 0 Å². The molecule has 94 valence electrons. The second kappa shape index (κ2) is 4.40. The van der Waals surface area contributed by atoms with E-state index in [4.69, 9.17) is 5.11 Å². The highest BCUT2D eigenvalue weighted by atomic mass is 16.6. The Morgan fingerprint density at radius 2 is 1.44 bits per heavy atom. The van der Waals surface area contributed by atoms with Crippen LogP contribution in [0, 0.1) is 30.3 Å². The maximum Gasteiger partial charge on any atom is 0.423 e. The van der Waals surface area contributed by atoms with E-state index in [0.717, 1.165) is 0 Å². The Bertz CT molecular complexity index is 529. The molecule has 0 fully saturated rings. The molecule has 1 N–H and O–H groups in total. The number of aromatic carboxylic acids is 1. The van der Waals surface area contributed by atoms with Gasteiger partial charge < -0.3 is 5.11 Å². The van der Waals surface area contributed by atoms with Gasteiger partial charge in [0.05, 0.1) is 14.8 Å². The Morgan fingerprint density at radius 1 is 0.944 bits per heavy atom. The average molecular weight is 257 g/mol. The molecule has 1 rings (SSSR count). The van der Waals surface area contributed by atoms with Crippen molar-refractivity contribution in [3.63, 3.8) is 0 Å². The molecule has 0 heterocycles. The standard InChI is InChI=1S/C7H3N3O8/c11-7(12)3-1-2-4(8(13)14)6(10(17)18)5(3)9(15)16/h1-2H,(H,11,12). The molecule has 0 amide bonds. The van der Waals surface area contributed by atoms with Gasteiger partial charge in [0.2, 0.25) is 0 Å². The van der Waals surface area contributed by atoms with E-state index in [1.165, 1.54) is 0 Å². The zero-order chi connectivity index (χ0) is 14.0. The number of nitro benzene ring substituents is 3. The molecule has 11 nitrogen and oxygen atoms in total. The number of carbonyl (C=O) groups is 1. The molecule has 0 aliphatic heterocycles. The molecule has 0 aromatic heterocycles. The molecule has 11 heteroatoms. The minimum absolute atomic E-state index is 0.536. The van der Waals surface area contributed by atoms with Gasteiger partial charge in [0, 0.05) is 6.07 Å². The summed E-state index contributed by atoms with van der Waals surface area (Å²) < 4.78 is 0. The first-order valence-corrected chi connectivity index (χ1v) is 4.10. The van der Waals surface area contributed by atoms with Crippen molar-refractivity contribution in [1.82, 2.24) is 0 Å². The third-order valence-electron chi connectivity index (χ3n) is 1.92. The monoisotopic (exact) mass is 257 g/mol. The number of carboxylic acids is 1. The fraction of sp³-hybridized carbons (Fsp3) is 0. The number of rotatable bonds is 4. The minimum atomic E-state index is -1.79. The van der Waals surface area contributed by atoms with E-state index in [-0.39, 0.29) is 0 Å². The summed E-state index contributed by atoms with van der Waals surface area (Å²) in [6.45, 7) is 0. The Hall–Kier alpha value is -3.11. The van der Waals surface area contributed by atoms with Crippen LogP contribution in [0.25, 0.3) is 0 Å². The van der Waals surface area contributed by atoms with Crippen molar-refractivity contribution in [3.8, 4) is 0 Å². The number of benzene rings is 1. The highest BCUT2D eigenvalue weighted by Crippen LogP contribution is 2.38. The molecule has 0 aliphatic rings. The maximum absolute atomic E-state index is 10.7. The zero-order valence-electron chi connectivity index (χ0n) is 8.30. The van der Waals surface area contributed by atoms with Crippen molar-refractivity contribution in [1.29, 1.82) is 0 Å². The van der Waals surface area contributed by atoms with Crippen LogP contribution in [-0.2, 0) is 0 Å². The van der Waals surface area contributed by atoms with E-state index < -0.39 is 43.4 Å². The van der Waals surface area contributed by atoms with Gasteiger partial charge in [-0.25, -0.2) is 4.79 Å². The summed E-state index contributed by atoms with van der Waals surface area (Å²) in [6, 6.07) is 1.11. The third kappa shape index (κ3) is 2.04. The Kier molecular flexibility index (Phi) is 3.17. The van der Waals surface area contributed by atoms with Gasteiger partial charge in [0.1, 0.15) is 5.56 Å². The van der Waals surface area contributed by atoms with Gasteiger partial charge in [-0.05, 0) is 6.07 Å². The number of hydrogen-bond acceptors (Lipinski definition) is 7. The normalized spacial score (nSPS) is 9.78. The van der Waals surface area contributed by atoms with Gasteiger partial charge in [0.25, 0.3) is 0 Å². The van der Waals surface area contributed by atoms with Gasteiger partial charge in [-0.2, -0.15) is 0 Å². The van der Waals surface area contributed by atoms with Gasteiger partial charge in [-0.15, -0.1) is 0 Å². The molecule has 0 saturated heterocycles. The highest BCUT2D eigenvalue weighted by molar-refractivity contribution is 5.96. The summed E-state index contributed by atoms with van der Waals surface area (Å²) in [6.07, 6.45) is 0. The lowest BCUT2D eigenvalue weighted by molar-refractivity contribution is -0.441. The molecule has 0 spiro atoms. The SMILES string of the molecule is O=C(O)c1ccc([N+](=O)[O-])c([N+](=O)[O-])c1[N+](=O)[O-]. The van der Waals surface area contributed by atoms with E-state index in [9.17, 15) is 35.1 Å². The largest absolute Gasteiger partial charge is 0.477 e.